The Morgan fingerprint density at radius 3 is 2.50 bits per heavy atom. The summed E-state index contributed by atoms with van der Waals surface area (Å²) in [6.45, 7) is 7.51. The van der Waals surface area contributed by atoms with Crippen molar-refractivity contribution in [3.8, 4) is 0 Å². The Labute approximate surface area is 74.2 Å². The maximum Gasteiger partial charge on any atom is 0.0751 e. The van der Waals surface area contributed by atoms with E-state index in [9.17, 15) is 5.11 Å². The average molecular weight is 170 g/mol. The maximum absolute atomic E-state index is 9.48. The van der Waals surface area contributed by atoms with Gasteiger partial charge in [0.25, 0.3) is 0 Å². The summed E-state index contributed by atoms with van der Waals surface area (Å²) in [5.74, 6) is 0. The van der Waals surface area contributed by atoms with Crippen molar-refractivity contribution in [1.82, 2.24) is 0 Å². The van der Waals surface area contributed by atoms with Crippen molar-refractivity contribution < 1.29 is 10.2 Å². The lowest BCUT2D eigenvalue weighted by atomic mass is 10.0. The van der Waals surface area contributed by atoms with E-state index >= 15 is 0 Å². The van der Waals surface area contributed by atoms with Crippen LogP contribution in [0.2, 0.25) is 0 Å². The first kappa shape index (κ1) is 11.4. The van der Waals surface area contributed by atoms with Gasteiger partial charge in [0, 0.05) is 0 Å². The van der Waals surface area contributed by atoms with E-state index in [4.69, 9.17) is 5.11 Å². The van der Waals surface area contributed by atoms with Gasteiger partial charge in [-0.25, -0.2) is 0 Å². The second-order valence-corrected chi connectivity index (χ2v) is 3.14. The quantitative estimate of drug-likeness (QED) is 0.616. The number of hydrogen-bond acceptors (Lipinski definition) is 2. The molecule has 0 aromatic rings. The first-order valence-electron chi connectivity index (χ1n) is 4.18. The van der Waals surface area contributed by atoms with Crippen molar-refractivity contribution in [2.24, 2.45) is 0 Å². The van der Waals surface area contributed by atoms with Crippen molar-refractivity contribution in [2.45, 2.75) is 32.8 Å². The highest BCUT2D eigenvalue weighted by Crippen LogP contribution is 2.10. The van der Waals surface area contributed by atoms with Gasteiger partial charge in [0.1, 0.15) is 0 Å². The molecule has 0 rings (SSSR count). The van der Waals surface area contributed by atoms with Gasteiger partial charge < -0.3 is 10.2 Å². The molecule has 2 heteroatoms. The van der Waals surface area contributed by atoms with Crippen molar-refractivity contribution in [3.63, 3.8) is 0 Å². The van der Waals surface area contributed by atoms with E-state index in [1.54, 1.807) is 6.08 Å². The van der Waals surface area contributed by atoms with E-state index in [1.165, 1.54) is 0 Å². The molecule has 0 aromatic heterocycles. The third-order valence-corrected chi connectivity index (χ3v) is 1.78. The second-order valence-electron chi connectivity index (χ2n) is 3.14. The van der Waals surface area contributed by atoms with Crippen molar-refractivity contribution >= 4 is 0 Å². The zero-order chi connectivity index (χ0) is 9.56. The summed E-state index contributed by atoms with van der Waals surface area (Å²) in [5.41, 5.74) is 1.91. The predicted molar refractivity (Wildman–Crippen MR) is 50.9 cm³/mol. The molecule has 70 valence electrons. The Kier molecular flexibility index (Phi) is 5.68. The molecule has 0 aliphatic rings. The Balaban J connectivity index is 3.78. The molecule has 2 N–H and O–H groups in total. The van der Waals surface area contributed by atoms with E-state index in [0.29, 0.717) is 6.42 Å². The highest BCUT2D eigenvalue weighted by Gasteiger charge is 2.04. The minimum atomic E-state index is -0.436. The van der Waals surface area contributed by atoms with Crippen molar-refractivity contribution in [3.05, 3.63) is 23.8 Å². The van der Waals surface area contributed by atoms with Gasteiger partial charge in [-0.2, -0.15) is 0 Å². The van der Waals surface area contributed by atoms with Crippen LogP contribution in [-0.2, 0) is 0 Å². The number of hydrogen-bond donors (Lipinski definition) is 2. The van der Waals surface area contributed by atoms with Gasteiger partial charge in [0.15, 0.2) is 0 Å². The summed E-state index contributed by atoms with van der Waals surface area (Å²) in [6, 6.07) is 0. The Bertz CT molecular complexity index is 171. The molecular formula is C10H18O2. The van der Waals surface area contributed by atoms with Crippen LogP contribution in [0.5, 0.6) is 0 Å². The molecule has 0 fully saturated rings. The molecule has 0 radical (unpaired) electrons. The fraction of sp³-hybridized carbons (Fsp3) is 0.600. The third-order valence-electron chi connectivity index (χ3n) is 1.78. The van der Waals surface area contributed by atoms with E-state index < -0.39 is 6.10 Å². The molecule has 2 nitrogen and oxygen atoms in total. The summed E-state index contributed by atoms with van der Waals surface area (Å²) in [4.78, 5) is 0. The van der Waals surface area contributed by atoms with Crippen LogP contribution in [0, 0.1) is 0 Å². The second kappa shape index (κ2) is 5.98. The highest BCUT2D eigenvalue weighted by atomic mass is 16.3. The molecule has 0 aliphatic heterocycles. The van der Waals surface area contributed by atoms with Gasteiger partial charge in [-0.3, -0.25) is 0 Å². The minimum absolute atomic E-state index is 0.00400. The first-order chi connectivity index (χ1) is 5.57. The molecule has 0 saturated heterocycles. The van der Waals surface area contributed by atoms with E-state index in [-0.39, 0.29) is 6.61 Å². The van der Waals surface area contributed by atoms with E-state index in [0.717, 1.165) is 17.6 Å². The SMILES string of the molecule is C=C(C)CCC(O)C(C)=CCO. The average Bonchev–Trinajstić information content (AvgIpc) is 2.00. The lowest BCUT2D eigenvalue weighted by molar-refractivity contribution is 0.199. The van der Waals surface area contributed by atoms with Crippen LogP contribution in [-0.4, -0.2) is 22.9 Å². The minimum Gasteiger partial charge on any atom is -0.392 e. The monoisotopic (exact) mass is 170 g/mol. The zero-order valence-corrected chi connectivity index (χ0v) is 7.88. The molecule has 0 amide bonds. The Morgan fingerprint density at radius 1 is 1.50 bits per heavy atom. The van der Waals surface area contributed by atoms with Crippen LogP contribution in [0.3, 0.4) is 0 Å². The van der Waals surface area contributed by atoms with Gasteiger partial charge in [0.05, 0.1) is 12.7 Å². The predicted octanol–water partition coefficient (Wildman–Crippen LogP) is 1.64. The van der Waals surface area contributed by atoms with Gasteiger partial charge >= 0.3 is 0 Å². The molecule has 0 bridgehead atoms. The summed E-state index contributed by atoms with van der Waals surface area (Å²) >= 11 is 0. The van der Waals surface area contributed by atoms with Gasteiger partial charge in [-0.15, -0.1) is 6.58 Å². The van der Waals surface area contributed by atoms with Crippen molar-refractivity contribution in [2.75, 3.05) is 6.61 Å². The molecule has 0 aromatic carbocycles. The van der Waals surface area contributed by atoms with Crippen LogP contribution < -0.4 is 0 Å². The smallest absolute Gasteiger partial charge is 0.0751 e. The van der Waals surface area contributed by atoms with Gasteiger partial charge in [0.2, 0.25) is 0 Å². The molecule has 0 heterocycles. The summed E-state index contributed by atoms with van der Waals surface area (Å²) in [7, 11) is 0. The first-order valence-corrected chi connectivity index (χ1v) is 4.18. The number of rotatable bonds is 5. The largest absolute Gasteiger partial charge is 0.392 e. The van der Waals surface area contributed by atoms with Gasteiger partial charge in [-0.05, 0) is 32.3 Å². The zero-order valence-electron chi connectivity index (χ0n) is 7.88. The lowest BCUT2D eigenvalue weighted by Gasteiger charge is -2.10. The fourth-order valence-electron chi connectivity index (χ4n) is 0.891. The highest BCUT2D eigenvalue weighted by molar-refractivity contribution is 5.05. The number of aliphatic hydroxyl groups excluding tert-OH is 2. The third kappa shape index (κ3) is 5.10. The summed E-state index contributed by atoms with van der Waals surface area (Å²) in [5, 5.41) is 18.0. The fourth-order valence-corrected chi connectivity index (χ4v) is 0.891. The molecule has 0 saturated carbocycles. The molecule has 0 aliphatic carbocycles. The number of aliphatic hydroxyl groups is 2. The molecular weight excluding hydrogens is 152 g/mol. The summed E-state index contributed by atoms with van der Waals surface area (Å²) in [6.07, 6.45) is 2.72. The van der Waals surface area contributed by atoms with Gasteiger partial charge in [-0.1, -0.05) is 11.6 Å². The molecule has 1 unspecified atom stereocenters. The Morgan fingerprint density at radius 2 is 2.08 bits per heavy atom. The topological polar surface area (TPSA) is 40.5 Å². The molecule has 0 spiro atoms. The Hall–Kier alpha value is -0.600. The normalized spacial score (nSPS) is 14.5. The van der Waals surface area contributed by atoms with Crippen LogP contribution in [0.25, 0.3) is 0 Å². The van der Waals surface area contributed by atoms with Crippen LogP contribution in [0.4, 0.5) is 0 Å². The van der Waals surface area contributed by atoms with Crippen LogP contribution in [0.1, 0.15) is 26.7 Å². The maximum atomic E-state index is 9.48. The van der Waals surface area contributed by atoms with E-state index in [2.05, 4.69) is 6.58 Å². The molecule has 12 heavy (non-hydrogen) atoms. The van der Waals surface area contributed by atoms with E-state index in [1.807, 2.05) is 13.8 Å². The van der Waals surface area contributed by atoms with Crippen LogP contribution in [0.15, 0.2) is 23.8 Å². The van der Waals surface area contributed by atoms with Crippen LogP contribution >= 0.6 is 0 Å². The lowest BCUT2D eigenvalue weighted by Crippen LogP contribution is -2.08. The number of allylic oxidation sites excluding steroid dienone is 1. The summed E-state index contributed by atoms with van der Waals surface area (Å²) < 4.78 is 0. The van der Waals surface area contributed by atoms with Crippen molar-refractivity contribution in [1.29, 1.82) is 0 Å². The standard InChI is InChI=1S/C10H18O2/c1-8(2)4-5-10(12)9(3)6-7-11/h6,10-12H,1,4-5,7H2,2-3H3. The molecule has 1 atom stereocenters.